The zero-order chi connectivity index (χ0) is 13.6. The quantitative estimate of drug-likeness (QED) is 0.733. The fraction of sp³-hybridized carbons (Fsp3) is 0.308. The van der Waals surface area contributed by atoms with Gasteiger partial charge in [0, 0.05) is 17.3 Å². The van der Waals surface area contributed by atoms with Gasteiger partial charge < -0.3 is 4.98 Å². The molecule has 0 spiro atoms. The van der Waals surface area contributed by atoms with Crippen molar-refractivity contribution >= 4 is 34.7 Å². The molecule has 0 amide bonds. The summed E-state index contributed by atoms with van der Waals surface area (Å²) in [4.78, 5) is 12.3. The fourth-order valence-corrected chi connectivity index (χ4v) is 3.39. The molecule has 0 saturated carbocycles. The molecule has 0 unspecified atom stereocenters. The Hall–Kier alpha value is -1.53. The molecule has 3 heterocycles. The Labute approximate surface area is 120 Å². The number of rotatable bonds is 2. The summed E-state index contributed by atoms with van der Waals surface area (Å²) < 4.78 is 2.72. The normalized spacial score (nSPS) is 12.2. The summed E-state index contributed by atoms with van der Waals surface area (Å²) in [5.74, 6) is 0. The van der Waals surface area contributed by atoms with Crippen LogP contribution < -0.4 is 0 Å². The third-order valence-electron chi connectivity index (χ3n) is 3.19. The minimum atomic E-state index is -0.315. The number of aromatic amines is 1. The second-order valence-corrected chi connectivity index (χ2v) is 6.27. The van der Waals surface area contributed by atoms with Gasteiger partial charge in [0.25, 0.3) is 0 Å². The molecule has 0 aliphatic rings. The molecular formula is C13H14N4S2. The average Bonchev–Trinajstić information content (AvgIpc) is 2.95. The molecule has 1 N–H and O–H groups in total. The van der Waals surface area contributed by atoms with Gasteiger partial charge in [0.15, 0.2) is 10.4 Å². The summed E-state index contributed by atoms with van der Waals surface area (Å²) in [5, 5.41) is 3.00. The van der Waals surface area contributed by atoms with E-state index < -0.39 is 0 Å². The van der Waals surface area contributed by atoms with Gasteiger partial charge in [0.05, 0.1) is 11.1 Å². The van der Waals surface area contributed by atoms with Crippen LogP contribution in [-0.4, -0.2) is 19.5 Å². The highest BCUT2D eigenvalue weighted by atomic mass is 32.1. The van der Waals surface area contributed by atoms with Gasteiger partial charge in [-0.2, -0.15) is 0 Å². The molecule has 0 bridgehead atoms. The van der Waals surface area contributed by atoms with E-state index in [1.54, 1.807) is 11.3 Å². The highest BCUT2D eigenvalue weighted by molar-refractivity contribution is 7.71. The van der Waals surface area contributed by atoms with Gasteiger partial charge in [-0.05, 0) is 45.1 Å². The van der Waals surface area contributed by atoms with Crippen molar-refractivity contribution < 1.29 is 0 Å². The van der Waals surface area contributed by atoms with Crippen molar-refractivity contribution in [1.29, 1.82) is 0 Å². The van der Waals surface area contributed by atoms with Crippen molar-refractivity contribution in [2.24, 2.45) is 0 Å². The highest BCUT2D eigenvalue weighted by Crippen LogP contribution is 2.30. The molecule has 0 aliphatic heterocycles. The smallest absolute Gasteiger partial charge is 0.180 e. The topological polar surface area (TPSA) is 46.5 Å². The Bertz CT molecular complexity index is 781. The van der Waals surface area contributed by atoms with Gasteiger partial charge in [0.1, 0.15) is 5.01 Å². The summed E-state index contributed by atoms with van der Waals surface area (Å²) in [6, 6.07) is 4.00. The average molecular weight is 290 g/mol. The van der Waals surface area contributed by atoms with E-state index in [0.29, 0.717) is 4.77 Å². The van der Waals surface area contributed by atoms with Crippen LogP contribution in [0.25, 0.3) is 11.2 Å². The first kappa shape index (κ1) is 12.5. The second-order valence-electron chi connectivity index (χ2n) is 4.99. The van der Waals surface area contributed by atoms with Crippen molar-refractivity contribution in [2.75, 3.05) is 0 Å². The van der Waals surface area contributed by atoms with Crippen LogP contribution in [0.5, 0.6) is 0 Å². The molecule has 0 atom stereocenters. The number of fused-ring (bicyclic) bond motifs is 1. The monoisotopic (exact) mass is 290 g/mol. The van der Waals surface area contributed by atoms with E-state index in [1.165, 1.54) is 0 Å². The van der Waals surface area contributed by atoms with E-state index in [1.807, 2.05) is 35.2 Å². The van der Waals surface area contributed by atoms with Crippen LogP contribution >= 0.6 is 23.6 Å². The first-order valence-electron chi connectivity index (χ1n) is 5.99. The van der Waals surface area contributed by atoms with Crippen molar-refractivity contribution in [3.05, 3.63) is 39.2 Å². The van der Waals surface area contributed by atoms with E-state index in [9.17, 15) is 0 Å². The molecule has 4 nitrogen and oxygen atoms in total. The van der Waals surface area contributed by atoms with Crippen molar-refractivity contribution in [3.8, 4) is 0 Å². The Morgan fingerprint density at radius 1 is 1.37 bits per heavy atom. The van der Waals surface area contributed by atoms with Crippen LogP contribution in [-0.2, 0) is 5.54 Å². The van der Waals surface area contributed by atoms with Crippen LogP contribution in [0, 0.1) is 11.7 Å². The van der Waals surface area contributed by atoms with E-state index in [4.69, 9.17) is 12.2 Å². The Balaban J connectivity index is 2.33. The third kappa shape index (κ3) is 1.91. The van der Waals surface area contributed by atoms with Crippen molar-refractivity contribution in [2.45, 2.75) is 26.3 Å². The number of nitrogens with one attached hydrogen (secondary N) is 1. The molecule has 0 radical (unpaired) electrons. The molecule has 3 aromatic heterocycles. The standard InChI is InChI=1S/C13H14N4S2/c1-8-4-5-9-10(15-8)17(12(18)16-9)13(2,3)11-14-6-7-19-11/h4-7H,1-3H3,(H,16,18). The van der Waals surface area contributed by atoms with Crippen molar-refractivity contribution in [1.82, 2.24) is 19.5 Å². The first-order valence-corrected chi connectivity index (χ1v) is 7.28. The lowest BCUT2D eigenvalue weighted by molar-refractivity contribution is 0.438. The first-order chi connectivity index (χ1) is 9.00. The third-order valence-corrected chi connectivity index (χ3v) is 4.56. The summed E-state index contributed by atoms with van der Waals surface area (Å²) in [7, 11) is 0. The van der Waals surface area contributed by atoms with Crippen LogP contribution in [0.15, 0.2) is 23.7 Å². The molecule has 19 heavy (non-hydrogen) atoms. The van der Waals surface area contributed by atoms with Gasteiger partial charge in [-0.1, -0.05) is 0 Å². The fourth-order valence-electron chi connectivity index (χ4n) is 2.22. The van der Waals surface area contributed by atoms with Crippen LogP contribution in [0.2, 0.25) is 0 Å². The van der Waals surface area contributed by atoms with Crippen molar-refractivity contribution in [3.63, 3.8) is 0 Å². The Morgan fingerprint density at radius 3 is 2.84 bits per heavy atom. The number of imidazole rings is 1. The largest absolute Gasteiger partial charge is 0.329 e. The molecule has 0 saturated heterocycles. The number of aromatic nitrogens is 4. The van der Waals surface area contributed by atoms with Crippen LogP contribution in [0.1, 0.15) is 24.5 Å². The molecule has 0 aromatic carbocycles. The Kier molecular flexibility index (Phi) is 2.79. The van der Waals surface area contributed by atoms with Crippen LogP contribution in [0.4, 0.5) is 0 Å². The number of pyridine rings is 1. The molecule has 98 valence electrons. The number of hydrogen-bond acceptors (Lipinski definition) is 4. The predicted octanol–water partition coefficient (Wildman–Crippen LogP) is 3.64. The molecular weight excluding hydrogens is 276 g/mol. The maximum atomic E-state index is 5.46. The summed E-state index contributed by atoms with van der Waals surface area (Å²) in [5.41, 5.74) is 2.50. The lowest BCUT2D eigenvalue weighted by Crippen LogP contribution is -2.28. The second kappa shape index (κ2) is 4.25. The lowest BCUT2D eigenvalue weighted by atomic mass is 10.1. The molecule has 0 aliphatic carbocycles. The van der Waals surface area contributed by atoms with Gasteiger partial charge in [-0.15, -0.1) is 11.3 Å². The molecule has 0 fully saturated rings. The van der Waals surface area contributed by atoms with E-state index in [-0.39, 0.29) is 5.54 Å². The number of aryl methyl sites for hydroxylation is 1. The Morgan fingerprint density at radius 2 is 2.16 bits per heavy atom. The minimum Gasteiger partial charge on any atom is -0.329 e. The molecule has 3 aromatic rings. The minimum absolute atomic E-state index is 0.315. The van der Waals surface area contributed by atoms with Crippen LogP contribution in [0.3, 0.4) is 0 Å². The summed E-state index contributed by atoms with van der Waals surface area (Å²) in [6.45, 7) is 6.20. The zero-order valence-electron chi connectivity index (χ0n) is 11.0. The van der Waals surface area contributed by atoms with Gasteiger partial charge in [0.2, 0.25) is 0 Å². The van der Waals surface area contributed by atoms with E-state index >= 15 is 0 Å². The SMILES string of the molecule is Cc1ccc2[nH]c(=S)n(C(C)(C)c3nccs3)c2n1. The number of thiazole rings is 1. The predicted molar refractivity (Wildman–Crippen MR) is 80.2 cm³/mol. The maximum Gasteiger partial charge on any atom is 0.180 e. The van der Waals surface area contributed by atoms with Gasteiger partial charge >= 0.3 is 0 Å². The van der Waals surface area contributed by atoms with E-state index in [0.717, 1.165) is 21.9 Å². The number of nitrogens with zero attached hydrogens (tertiary/aromatic N) is 3. The lowest BCUT2D eigenvalue weighted by Gasteiger charge is -2.24. The van der Waals surface area contributed by atoms with Gasteiger partial charge in [-0.3, -0.25) is 4.57 Å². The number of hydrogen-bond donors (Lipinski definition) is 1. The highest BCUT2D eigenvalue weighted by Gasteiger charge is 2.28. The maximum absolute atomic E-state index is 5.46. The van der Waals surface area contributed by atoms with Gasteiger partial charge in [-0.25, -0.2) is 9.97 Å². The zero-order valence-corrected chi connectivity index (χ0v) is 12.6. The number of H-pyrrole nitrogens is 1. The summed E-state index contributed by atoms with van der Waals surface area (Å²) >= 11 is 7.09. The molecule has 6 heteroatoms. The molecule has 3 rings (SSSR count). The summed E-state index contributed by atoms with van der Waals surface area (Å²) in [6.07, 6.45) is 1.82. The van der Waals surface area contributed by atoms with E-state index in [2.05, 4.69) is 28.8 Å².